The second-order valence-electron chi connectivity index (χ2n) is 27.1. The van der Waals surface area contributed by atoms with Gasteiger partial charge in [-0.3, -0.25) is 0 Å². The summed E-state index contributed by atoms with van der Waals surface area (Å²) in [6.07, 6.45) is 8.85. The van der Waals surface area contributed by atoms with Crippen molar-refractivity contribution in [1.82, 2.24) is 19.9 Å². The van der Waals surface area contributed by atoms with Crippen LogP contribution < -0.4 is 5.46 Å². The van der Waals surface area contributed by atoms with Gasteiger partial charge >= 0.3 is 7.12 Å². The highest BCUT2D eigenvalue weighted by Crippen LogP contribution is 2.44. The first-order chi connectivity index (χ1) is 35.4. The SMILES string of the molecule is Cc1cc(C)c(-c2c3nc(c(-c4cc(C(C)(C)C)cc(C(C)(C)C)c4)c4ccc([nH]4)c(-c4ccc(B5OC(C)(C)C(C)(C)O5)cc4)c4nc(c(-c5cc(C(C)(C)C)cc(C(C)(C)C)c5)c5ccc2[nH]5)C=C4)C=C3)c(C)c1. The number of H-pyrrole nitrogens is 2. The third-order valence-electron chi connectivity index (χ3n) is 16.3. The Labute approximate surface area is 453 Å². The average molecular weight is 1010 g/mol. The highest BCUT2D eigenvalue weighted by Gasteiger charge is 2.51. The van der Waals surface area contributed by atoms with Crippen LogP contribution in [0, 0.1) is 20.8 Å². The lowest BCUT2D eigenvalue weighted by Gasteiger charge is -2.32. The van der Waals surface area contributed by atoms with E-state index >= 15 is 0 Å². The van der Waals surface area contributed by atoms with Gasteiger partial charge < -0.3 is 19.3 Å². The van der Waals surface area contributed by atoms with Gasteiger partial charge in [0, 0.05) is 44.3 Å². The van der Waals surface area contributed by atoms with Gasteiger partial charge in [-0.05, 0) is 180 Å². The Hall–Kier alpha value is -6.54. The fraction of sp³-hybridized carbons (Fsp3) is 0.362. The molecule has 1 saturated heterocycles. The standard InChI is InChI=1S/C69H79BN4O2/c1-40-32-41(2)59(42(3)33-40)63-57-30-28-55(73-57)61(44-34-46(64(4,5)6)38-47(35-44)65(7,8)9)53-26-24-51(71-53)60(43-20-22-50(23-21-43)70-75-68(16,17)69(18,19)76-70)52-25-27-54(72-52)62(56-29-31-58(63)74-56)45-36-48(66(10,11)12)39-49(37-45)67(13,14)15/h20-39,71,74H,1-19H3. The average Bonchev–Trinajstić information content (AvgIpc) is 4.18. The summed E-state index contributed by atoms with van der Waals surface area (Å²) in [5.74, 6) is 0. The molecule has 7 aromatic rings. The quantitative estimate of drug-likeness (QED) is 0.168. The molecular weight excluding hydrogens is 928 g/mol. The Morgan fingerprint density at radius 2 is 0.697 bits per heavy atom. The second-order valence-corrected chi connectivity index (χ2v) is 27.1. The van der Waals surface area contributed by atoms with Crippen LogP contribution in [0.1, 0.15) is 172 Å². The number of fused-ring (bicyclic) bond motifs is 8. The van der Waals surface area contributed by atoms with Gasteiger partial charge in [0.05, 0.1) is 34.0 Å². The number of aromatic nitrogens is 4. The molecule has 0 unspecified atom stereocenters. The third-order valence-corrected chi connectivity index (χ3v) is 16.3. The molecule has 10 rings (SSSR count). The third kappa shape index (κ3) is 9.79. The summed E-state index contributed by atoms with van der Waals surface area (Å²) >= 11 is 0. The van der Waals surface area contributed by atoms with Gasteiger partial charge in [-0.25, -0.2) is 9.97 Å². The number of aryl methyl sites for hydroxylation is 3. The van der Waals surface area contributed by atoms with E-state index in [9.17, 15) is 0 Å². The Balaban J connectivity index is 1.37. The van der Waals surface area contributed by atoms with Crippen molar-refractivity contribution in [3.8, 4) is 44.5 Å². The topological polar surface area (TPSA) is 75.8 Å². The lowest BCUT2D eigenvalue weighted by Crippen LogP contribution is -2.41. The van der Waals surface area contributed by atoms with Crippen LogP contribution in [-0.2, 0) is 31.0 Å². The van der Waals surface area contributed by atoms with Crippen LogP contribution >= 0.6 is 0 Å². The predicted molar refractivity (Wildman–Crippen MR) is 325 cm³/mol. The number of aromatic amines is 2. The predicted octanol–water partition coefficient (Wildman–Crippen LogP) is 17.7. The van der Waals surface area contributed by atoms with E-state index in [1.165, 1.54) is 44.5 Å². The van der Waals surface area contributed by atoms with Crippen molar-refractivity contribution in [2.45, 2.75) is 164 Å². The minimum absolute atomic E-state index is 0.0975. The van der Waals surface area contributed by atoms with Gasteiger partial charge in [-0.2, -0.15) is 0 Å². The number of hydrogen-bond acceptors (Lipinski definition) is 4. The van der Waals surface area contributed by atoms with Crippen LogP contribution in [0.25, 0.3) is 90.9 Å². The Morgan fingerprint density at radius 3 is 1.04 bits per heavy atom. The largest absolute Gasteiger partial charge is 0.494 e. The molecule has 8 bridgehead atoms. The van der Waals surface area contributed by atoms with Crippen molar-refractivity contribution in [1.29, 1.82) is 0 Å². The van der Waals surface area contributed by atoms with E-state index in [0.717, 1.165) is 89.2 Å². The molecule has 3 aliphatic heterocycles. The van der Waals surface area contributed by atoms with Crippen LogP contribution in [-0.4, -0.2) is 38.3 Å². The molecule has 0 saturated carbocycles. The second kappa shape index (κ2) is 18.3. The van der Waals surface area contributed by atoms with Gasteiger partial charge in [0.2, 0.25) is 0 Å². The maximum Gasteiger partial charge on any atom is 0.494 e. The molecular formula is C69H79BN4O2. The van der Waals surface area contributed by atoms with Gasteiger partial charge in [0.15, 0.2) is 0 Å². The molecule has 3 aromatic heterocycles. The van der Waals surface area contributed by atoms with Crippen molar-refractivity contribution in [2.75, 3.05) is 0 Å². The molecule has 390 valence electrons. The highest BCUT2D eigenvalue weighted by molar-refractivity contribution is 6.62. The van der Waals surface area contributed by atoms with Crippen molar-refractivity contribution in [3.63, 3.8) is 0 Å². The van der Waals surface area contributed by atoms with Gasteiger partial charge in [0.1, 0.15) is 0 Å². The van der Waals surface area contributed by atoms with E-state index in [0.29, 0.717) is 0 Å². The molecule has 0 aliphatic carbocycles. The molecule has 76 heavy (non-hydrogen) atoms. The number of nitrogens with zero attached hydrogens (tertiary/aromatic N) is 2. The van der Waals surface area contributed by atoms with Gasteiger partial charge in [-0.1, -0.05) is 161 Å². The van der Waals surface area contributed by atoms with Crippen molar-refractivity contribution in [3.05, 3.63) is 159 Å². The molecule has 4 aromatic carbocycles. The summed E-state index contributed by atoms with van der Waals surface area (Å²) in [6.45, 7) is 42.7. The van der Waals surface area contributed by atoms with Crippen LogP contribution in [0.3, 0.4) is 0 Å². The Kier molecular flexibility index (Phi) is 12.7. The van der Waals surface area contributed by atoms with E-state index in [2.05, 4.69) is 263 Å². The smallest absolute Gasteiger partial charge is 0.399 e. The lowest BCUT2D eigenvalue weighted by atomic mass is 9.78. The van der Waals surface area contributed by atoms with Crippen molar-refractivity contribution >= 4 is 59.0 Å². The zero-order chi connectivity index (χ0) is 54.8. The van der Waals surface area contributed by atoms with Gasteiger partial charge in [0.25, 0.3) is 0 Å². The highest BCUT2D eigenvalue weighted by atomic mass is 16.7. The molecule has 7 heteroatoms. The Bertz CT molecular complexity index is 3540. The molecule has 6 heterocycles. The summed E-state index contributed by atoms with van der Waals surface area (Å²) in [6, 6.07) is 36.6. The first kappa shape index (κ1) is 52.9. The minimum Gasteiger partial charge on any atom is -0.399 e. The van der Waals surface area contributed by atoms with Crippen LogP contribution in [0.15, 0.2) is 97.1 Å². The molecule has 0 radical (unpaired) electrons. The lowest BCUT2D eigenvalue weighted by molar-refractivity contribution is 0.00578. The number of benzene rings is 4. The maximum absolute atomic E-state index is 6.55. The molecule has 0 atom stereocenters. The summed E-state index contributed by atoms with van der Waals surface area (Å²) in [5, 5.41) is 0. The molecule has 6 nitrogen and oxygen atoms in total. The van der Waals surface area contributed by atoms with E-state index in [4.69, 9.17) is 19.3 Å². The molecule has 2 N–H and O–H groups in total. The van der Waals surface area contributed by atoms with E-state index in [1.54, 1.807) is 0 Å². The fourth-order valence-corrected chi connectivity index (χ4v) is 11.0. The number of hydrogen-bond donors (Lipinski definition) is 2. The number of rotatable bonds is 5. The monoisotopic (exact) mass is 1010 g/mol. The molecule has 0 amide bonds. The van der Waals surface area contributed by atoms with E-state index in [-0.39, 0.29) is 21.7 Å². The minimum atomic E-state index is -0.482. The van der Waals surface area contributed by atoms with Crippen molar-refractivity contribution in [2.24, 2.45) is 0 Å². The molecule has 3 aliphatic rings. The van der Waals surface area contributed by atoms with Crippen LogP contribution in [0.5, 0.6) is 0 Å². The maximum atomic E-state index is 6.55. The molecule has 1 fully saturated rings. The fourth-order valence-electron chi connectivity index (χ4n) is 11.0. The van der Waals surface area contributed by atoms with E-state index in [1.807, 2.05) is 0 Å². The van der Waals surface area contributed by atoms with Crippen LogP contribution in [0.4, 0.5) is 0 Å². The Morgan fingerprint density at radius 1 is 0.382 bits per heavy atom. The summed E-state index contributed by atoms with van der Waals surface area (Å²) in [5.41, 5.74) is 24.5. The molecule has 0 spiro atoms. The summed E-state index contributed by atoms with van der Waals surface area (Å²) < 4.78 is 13.1. The first-order valence-corrected chi connectivity index (χ1v) is 27.4. The van der Waals surface area contributed by atoms with E-state index < -0.39 is 18.3 Å². The zero-order valence-corrected chi connectivity index (χ0v) is 48.8. The number of nitrogens with one attached hydrogen (secondary N) is 2. The van der Waals surface area contributed by atoms with Crippen LogP contribution in [0.2, 0.25) is 0 Å². The first-order valence-electron chi connectivity index (χ1n) is 27.4. The van der Waals surface area contributed by atoms with Crippen molar-refractivity contribution < 1.29 is 9.31 Å². The summed E-state index contributed by atoms with van der Waals surface area (Å²) in [4.78, 5) is 19.6. The normalized spacial score (nSPS) is 15.5. The van der Waals surface area contributed by atoms with Gasteiger partial charge in [-0.15, -0.1) is 0 Å². The summed E-state index contributed by atoms with van der Waals surface area (Å²) in [7, 11) is -0.482. The zero-order valence-electron chi connectivity index (χ0n) is 48.8.